The van der Waals surface area contributed by atoms with Crippen molar-refractivity contribution in [2.45, 2.75) is 63.7 Å². The molecule has 4 bridgehead atoms. The van der Waals surface area contributed by atoms with Gasteiger partial charge in [0.25, 0.3) is 11.5 Å². The third-order valence-corrected chi connectivity index (χ3v) is 7.51. The normalized spacial score (nSPS) is 38.6. The molecule has 5 aliphatic rings. The molecule has 4 saturated carbocycles. The van der Waals surface area contributed by atoms with Gasteiger partial charge in [-0.05, 0) is 75.0 Å². The van der Waals surface area contributed by atoms with Crippen molar-refractivity contribution in [1.29, 1.82) is 0 Å². The van der Waals surface area contributed by atoms with Gasteiger partial charge in [0.2, 0.25) is 0 Å². The van der Waals surface area contributed by atoms with Crippen LogP contribution in [0.1, 0.15) is 74.5 Å². The molecule has 1 unspecified atom stereocenters. The molecular formula is C21H29N3O2. The van der Waals surface area contributed by atoms with Crippen molar-refractivity contribution in [3.05, 3.63) is 27.9 Å². The van der Waals surface area contributed by atoms with Gasteiger partial charge in [-0.1, -0.05) is 6.92 Å². The lowest BCUT2D eigenvalue weighted by molar-refractivity contribution is -0.00955. The van der Waals surface area contributed by atoms with Crippen LogP contribution in [0, 0.1) is 23.7 Å². The molecule has 5 heteroatoms. The lowest BCUT2D eigenvalue weighted by atomic mass is 9.49. The second kappa shape index (κ2) is 5.93. The first kappa shape index (κ1) is 16.5. The Morgan fingerprint density at radius 1 is 1.19 bits per heavy atom. The van der Waals surface area contributed by atoms with Gasteiger partial charge in [0.1, 0.15) is 11.4 Å². The number of hydrogen-bond donors (Lipinski definition) is 1. The van der Waals surface area contributed by atoms with Gasteiger partial charge in [0.15, 0.2) is 0 Å². The minimum absolute atomic E-state index is 0.0646. The van der Waals surface area contributed by atoms with Crippen LogP contribution in [0.5, 0.6) is 0 Å². The van der Waals surface area contributed by atoms with Crippen LogP contribution in [0.3, 0.4) is 0 Å². The number of likely N-dealkylation sites (tertiary alicyclic amines) is 1. The van der Waals surface area contributed by atoms with Gasteiger partial charge >= 0.3 is 0 Å². The number of H-pyrrole nitrogens is 1. The van der Waals surface area contributed by atoms with Crippen molar-refractivity contribution in [3.63, 3.8) is 0 Å². The summed E-state index contributed by atoms with van der Waals surface area (Å²) >= 11 is 0. The highest BCUT2D eigenvalue weighted by atomic mass is 16.2. The zero-order valence-corrected chi connectivity index (χ0v) is 15.7. The highest BCUT2D eigenvalue weighted by molar-refractivity contribution is 5.93. The summed E-state index contributed by atoms with van der Waals surface area (Å²) in [6.07, 6.45) is 11.3. The number of amides is 1. The van der Waals surface area contributed by atoms with Gasteiger partial charge in [-0.3, -0.25) is 9.59 Å². The van der Waals surface area contributed by atoms with Crippen molar-refractivity contribution >= 4 is 5.91 Å². The molecule has 6 rings (SSSR count). The van der Waals surface area contributed by atoms with Gasteiger partial charge < -0.3 is 9.88 Å². The van der Waals surface area contributed by atoms with E-state index in [4.69, 9.17) is 0 Å². The molecule has 26 heavy (non-hydrogen) atoms. The van der Waals surface area contributed by atoms with Crippen molar-refractivity contribution in [2.24, 2.45) is 23.7 Å². The van der Waals surface area contributed by atoms with E-state index in [1.165, 1.54) is 38.5 Å². The van der Waals surface area contributed by atoms with Gasteiger partial charge in [0, 0.05) is 24.7 Å². The number of aromatic nitrogens is 2. The molecule has 1 N–H and O–H groups in total. The first-order valence-electron chi connectivity index (χ1n) is 10.4. The van der Waals surface area contributed by atoms with Crippen LogP contribution in [0.4, 0.5) is 0 Å². The Hall–Kier alpha value is -1.65. The summed E-state index contributed by atoms with van der Waals surface area (Å²) in [5, 5.41) is 0. The Balaban J connectivity index is 1.42. The van der Waals surface area contributed by atoms with Crippen LogP contribution < -0.4 is 5.56 Å². The van der Waals surface area contributed by atoms with Gasteiger partial charge in [-0.25, -0.2) is 4.98 Å². The zero-order chi connectivity index (χ0) is 17.9. The van der Waals surface area contributed by atoms with E-state index in [1.54, 1.807) is 6.20 Å². The third kappa shape index (κ3) is 2.62. The summed E-state index contributed by atoms with van der Waals surface area (Å²) in [4.78, 5) is 35.1. The molecule has 5 fully saturated rings. The minimum Gasteiger partial charge on any atom is -0.338 e. The van der Waals surface area contributed by atoms with Crippen LogP contribution in [-0.4, -0.2) is 33.9 Å². The molecule has 0 radical (unpaired) electrons. The number of carbonyl (C=O) groups excluding carboxylic acids is 1. The fourth-order valence-corrected chi connectivity index (χ4v) is 6.76. The van der Waals surface area contributed by atoms with Gasteiger partial charge in [0.05, 0.1) is 0 Å². The molecule has 0 aromatic carbocycles. The number of carbonyl (C=O) groups is 1. The summed E-state index contributed by atoms with van der Waals surface area (Å²) in [6, 6.07) is 0. The maximum absolute atomic E-state index is 12.8. The van der Waals surface area contributed by atoms with E-state index in [9.17, 15) is 9.59 Å². The first-order chi connectivity index (χ1) is 12.5. The largest absolute Gasteiger partial charge is 0.338 e. The fraction of sp³-hybridized carbons (Fsp3) is 0.762. The second-order valence-electron chi connectivity index (χ2n) is 9.67. The molecular weight excluding hydrogens is 326 g/mol. The van der Waals surface area contributed by atoms with E-state index in [1.807, 2.05) is 4.90 Å². The molecule has 5 nitrogen and oxygen atoms in total. The Morgan fingerprint density at radius 3 is 2.42 bits per heavy atom. The Kier molecular flexibility index (Phi) is 3.77. The molecule has 1 aromatic heterocycles. The predicted molar refractivity (Wildman–Crippen MR) is 99.0 cm³/mol. The van der Waals surface area contributed by atoms with E-state index in [0.29, 0.717) is 5.92 Å². The van der Waals surface area contributed by atoms with E-state index in [-0.39, 0.29) is 22.4 Å². The number of nitrogens with zero attached hydrogens (tertiary/aromatic N) is 2. The van der Waals surface area contributed by atoms with Crippen molar-refractivity contribution in [3.8, 4) is 0 Å². The van der Waals surface area contributed by atoms with Crippen LogP contribution in [0.2, 0.25) is 0 Å². The lowest BCUT2D eigenvalue weighted by Gasteiger charge is -2.56. The number of rotatable bonds is 2. The molecule has 1 aliphatic heterocycles. The highest BCUT2D eigenvalue weighted by Gasteiger charge is 2.53. The van der Waals surface area contributed by atoms with Crippen LogP contribution >= 0.6 is 0 Å². The summed E-state index contributed by atoms with van der Waals surface area (Å²) in [5.74, 6) is 3.63. The van der Waals surface area contributed by atoms with Crippen molar-refractivity contribution in [1.82, 2.24) is 14.9 Å². The topological polar surface area (TPSA) is 66.1 Å². The Morgan fingerprint density at radius 2 is 1.85 bits per heavy atom. The second-order valence-corrected chi connectivity index (χ2v) is 9.67. The van der Waals surface area contributed by atoms with Crippen molar-refractivity contribution < 1.29 is 4.79 Å². The number of hydrogen-bond acceptors (Lipinski definition) is 3. The van der Waals surface area contributed by atoms with E-state index in [0.717, 1.165) is 49.5 Å². The van der Waals surface area contributed by atoms with Crippen LogP contribution in [-0.2, 0) is 5.41 Å². The summed E-state index contributed by atoms with van der Waals surface area (Å²) in [5.41, 5.74) is 0.0383. The quantitative estimate of drug-likeness (QED) is 0.886. The Bertz CT molecular complexity index is 748. The minimum atomic E-state index is -0.242. The molecule has 4 aliphatic carbocycles. The highest BCUT2D eigenvalue weighted by Crippen LogP contribution is 2.59. The molecule has 1 saturated heterocycles. The standard InChI is InChI=1S/C21H29N3O2/c1-13-3-2-4-24(12-13)19(26)17-11-22-20(23-18(17)25)21-8-14-5-15(9-21)7-16(6-14)10-21/h11,13-16H,2-10,12H2,1H3,(H,22,23,25). The van der Waals surface area contributed by atoms with Gasteiger partial charge in [-0.15, -0.1) is 0 Å². The van der Waals surface area contributed by atoms with E-state index in [2.05, 4.69) is 16.9 Å². The van der Waals surface area contributed by atoms with E-state index < -0.39 is 0 Å². The summed E-state index contributed by atoms with van der Waals surface area (Å²) in [7, 11) is 0. The molecule has 2 heterocycles. The smallest absolute Gasteiger partial charge is 0.263 e. The maximum Gasteiger partial charge on any atom is 0.263 e. The SMILES string of the molecule is CC1CCCN(C(=O)c2cnc(C34CC5CC(CC(C5)C3)C4)[nH]c2=O)C1. The average molecular weight is 355 g/mol. The van der Waals surface area contributed by atoms with E-state index >= 15 is 0 Å². The molecule has 140 valence electrons. The fourth-order valence-electron chi connectivity index (χ4n) is 6.76. The number of nitrogens with one attached hydrogen (secondary N) is 1. The monoisotopic (exact) mass is 355 g/mol. The molecule has 1 amide bonds. The average Bonchev–Trinajstić information content (AvgIpc) is 2.60. The van der Waals surface area contributed by atoms with Gasteiger partial charge in [-0.2, -0.15) is 0 Å². The third-order valence-electron chi connectivity index (χ3n) is 7.51. The van der Waals surface area contributed by atoms with Crippen molar-refractivity contribution in [2.75, 3.05) is 13.1 Å². The number of aromatic amines is 1. The maximum atomic E-state index is 12.8. The van der Waals surface area contributed by atoms with Crippen LogP contribution in [0.25, 0.3) is 0 Å². The predicted octanol–water partition coefficient (Wildman–Crippen LogP) is 3.11. The number of piperidine rings is 1. The molecule has 1 aromatic rings. The first-order valence-corrected chi connectivity index (χ1v) is 10.4. The van der Waals surface area contributed by atoms with Crippen LogP contribution in [0.15, 0.2) is 11.0 Å². The molecule has 0 spiro atoms. The lowest BCUT2D eigenvalue weighted by Crippen LogP contribution is -2.50. The zero-order valence-electron chi connectivity index (χ0n) is 15.7. The Labute approximate surface area is 154 Å². The summed E-state index contributed by atoms with van der Waals surface area (Å²) in [6.45, 7) is 3.66. The summed E-state index contributed by atoms with van der Waals surface area (Å²) < 4.78 is 0. The molecule has 1 atom stereocenters.